The van der Waals surface area contributed by atoms with Crippen molar-refractivity contribution in [3.63, 3.8) is 0 Å². The van der Waals surface area contributed by atoms with Crippen molar-refractivity contribution in [3.05, 3.63) is 29.6 Å². The molecule has 13 heavy (non-hydrogen) atoms. The second-order valence-electron chi connectivity index (χ2n) is 3.12. The fraction of sp³-hybridized carbons (Fsp3) is 0.500. The maximum absolute atomic E-state index is 5.39. The van der Waals surface area contributed by atoms with Crippen LogP contribution in [0, 0.1) is 6.92 Å². The molecule has 3 N–H and O–H groups in total. The first-order valence-corrected chi connectivity index (χ1v) is 4.65. The summed E-state index contributed by atoms with van der Waals surface area (Å²) in [5, 5.41) is 3.32. The van der Waals surface area contributed by atoms with Gasteiger partial charge in [-0.3, -0.25) is 4.98 Å². The van der Waals surface area contributed by atoms with E-state index in [1.54, 1.807) is 0 Å². The van der Waals surface area contributed by atoms with E-state index in [4.69, 9.17) is 5.73 Å². The molecule has 0 radical (unpaired) electrons. The Bertz CT molecular complexity index is 248. The molecule has 0 spiro atoms. The Hall–Kier alpha value is -0.930. The van der Waals surface area contributed by atoms with Crippen molar-refractivity contribution < 1.29 is 0 Å². The lowest BCUT2D eigenvalue weighted by Gasteiger charge is -2.05. The van der Waals surface area contributed by atoms with Gasteiger partial charge in [0.1, 0.15) is 0 Å². The zero-order chi connectivity index (χ0) is 9.52. The van der Waals surface area contributed by atoms with Crippen LogP contribution in [0.2, 0.25) is 0 Å². The standard InChI is InChI=1S/C10H17N3/c1-9-3-6-13-8-10(9)7-12-5-2-4-11/h3,6,8,12H,2,4-5,7,11H2,1H3. The number of aryl methyl sites for hydroxylation is 1. The Labute approximate surface area is 79.4 Å². The van der Waals surface area contributed by atoms with E-state index in [1.807, 2.05) is 18.5 Å². The molecule has 0 amide bonds. The van der Waals surface area contributed by atoms with E-state index in [0.29, 0.717) is 0 Å². The maximum atomic E-state index is 5.39. The van der Waals surface area contributed by atoms with Crippen LogP contribution in [0.15, 0.2) is 18.5 Å². The van der Waals surface area contributed by atoms with Gasteiger partial charge in [-0.05, 0) is 43.6 Å². The lowest BCUT2D eigenvalue weighted by atomic mass is 10.1. The van der Waals surface area contributed by atoms with Crippen molar-refractivity contribution in [3.8, 4) is 0 Å². The number of rotatable bonds is 5. The second kappa shape index (κ2) is 5.67. The van der Waals surface area contributed by atoms with Crippen LogP contribution in [0.5, 0.6) is 0 Å². The minimum Gasteiger partial charge on any atom is -0.330 e. The highest BCUT2D eigenvalue weighted by Gasteiger charge is 1.95. The van der Waals surface area contributed by atoms with E-state index in [-0.39, 0.29) is 0 Å². The summed E-state index contributed by atoms with van der Waals surface area (Å²) >= 11 is 0. The van der Waals surface area contributed by atoms with Crippen LogP contribution in [0.4, 0.5) is 0 Å². The van der Waals surface area contributed by atoms with Gasteiger partial charge in [0.05, 0.1) is 0 Å². The lowest BCUT2D eigenvalue weighted by Crippen LogP contribution is -2.18. The molecule has 0 fully saturated rings. The molecule has 72 valence electrons. The summed E-state index contributed by atoms with van der Waals surface area (Å²) in [5.74, 6) is 0. The summed E-state index contributed by atoms with van der Waals surface area (Å²) in [7, 11) is 0. The van der Waals surface area contributed by atoms with Crippen molar-refractivity contribution in [2.75, 3.05) is 13.1 Å². The molecule has 3 heteroatoms. The van der Waals surface area contributed by atoms with E-state index in [2.05, 4.69) is 17.2 Å². The highest BCUT2D eigenvalue weighted by atomic mass is 14.9. The maximum Gasteiger partial charge on any atom is 0.0315 e. The lowest BCUT2D eigenvalue weighted by molar-refractivity contribution is 0.652. The van der Waals surface area contributed by atoms with Crippen LogP contribution < -0.4 is 11.1 Å². The van der Waals surface area contributed by atoms with E-state index < -0.39 is 0 Å². The molecule has 1 rings (SSSR count). The van der Waals surface area contributed by atoms with Gasteiger partial charge >= 0.3 is 0 Å². The van der Waals surface area contributed by atoms with Crippen molar-refractivity contribution in [1.82, 2.24) is 10.3 Å². The van der Waals surface area contributed by atoms with Gasteiger partial charge in [0, 0.05) is 18.9 Å². The summed E-state index contributed by atoms with van der Waals surface area (Å²) in [6.45, 7) is 4.71. The number of nitrogens with zero attached hydrogens (tertiary/aromatic N) is 1. The van der Waals surface area contributed by atoms with Crippen LogP contribution in [-0.4, -0.2) is 18.1 Å². The highest BCUT2D eigenvalue weighted by molar-refractivity contribution is 5.20. The van der Waals surface area contributed by atoms with Crippen molar-refractivity contribution in [1.29, 1.82) is 0 Å². The molecule has 0 bridgehead atoms. The average molecular weight is 179 g/mol. The molecule has 3 nitrogen and oxygen atoms in total. The minimum atomic E-state index is 0.749. The third kappa shape index (κ3) is 3.53. The zero-order valence-electron chi connectivity index (χ0n) is 8.09. The average Bonchev–Trinajstić information content (AvgIpc) is 2.15. The highest BCUT2D eigenvalue weighted by Crippen LogP contribution is 2.03. The van der Waals surface area contributed by atoms with Crippen LogP contribution >= 0.6 is 0 Å². The molecule has 1 aromatic heterocycles. The first-order valence-electron chi connectivity index (χ1n) is 4.65. The van der Waals surface area contributed by atoms with Crippen LogP contribution in [0.3, 0.4) is 0 Å². The predicted octanol–water partition coefficient (Wildman–Crippen LogP) is 0.828. The summed E-state index contributed by atoms with van der Waals surface area (Å²) in [5.41, 5.74) is 7.94. The van der Waals surface area contributed by atoms with E-state index in [0.717, 1.165) is 26.1 Å². The van der Waals surface area contributed by atoms with Gasteiger partial charge in [0.25, 0.3) is 0 Å². The van der Waals surface area contributed by atoms with Gasteiger partial charge in [0.15, 0.2) is 0 Å². The molecule has 0 aliphatic heterocycles. The number of pyridine rings is 1. The zero-order valence-corrected chi connectivity index (χ0v) is 8.09. The topological polar surface area (TPSA) is 50.9 Å². The van der Waals surface area contributed by atoms with Crippen molar-refractivity contribution in [2.45, 2.75) is 19.9 Å². The van der Waals surface area contributed by atoms with Crippen molar-refractivity contribution >= 4 is 0 Å². The molecule has 0 aliphatic rings. The fourth-order valence-electron chi connectivity index (χ4n) is 1.13. The largest absolute Gasteiger partial charge is 0.330 e. The van der Waals surface area contributed by atoms with Gasteiger partial charge < -0.3 is 11.1 Å². The Morgan fingerprint density at radius 2 is 2.38 bits per heavy atom. The Kier molecular flexibility index (Phi) is 4.43. The second-order valence-corrected chi connectivity index (χ2v) is 3.12. The van der Waals surface area contributed by atoms with Crippen molar-refractivity contribution in [2.24, 2.45) is 5.73 Å². The summed E-state index contributed by atoms with van der Waals surface area (Å²) in [4.78, 5) is 4.08. The number of nitrogens with one attached hydrogen (secondary N) is 1. The van der Waals surface area contributed by atoms with Gasteiger partial charge in [0.2, 0.25) is 0 Å². The third-order valence-corrected chi connectivity index (χ3v) is 2.02. The number of hydrogen-bond acceptors (Lipinski definition) is 3. The molecule has 0 aromatic carbocycles. The number of nitrogens with two attached hydrogens (primary N) is 1. The first-order chi connectivity index (χ1) is 6.34. The third-order valence-electron chi connectivity index (χ3n) is 2.02. The van der Waals surface area contributed by atoms with Gasteiger partial charge in [-0.15, -0.1) is 0 Å². The van der Waals surface area contributed by atoms with Crippen LogP contribution in [0.25, 0.3) is 0 Å². The molecule has 0 unspecified atom stereocenters. The van der Waals surface area contributed by atoms with Gasteiger partial charge in [-0.2, -0.15) is 0 Å². The van der Waals surface area contributed by atoms with Gasteiger partial charge in [-0.1, -0.05) is 0 Å². The smallest absolute Gasteiger partial charge is 0.0315 e. The summed E-state index contributed by atoms with van der Waals surface area (Å²) in [6.07, 6.45) is 4.75. The van der Waals surface area contributed by atoms with E-state index in [9.17, 15) is 0 Å². The molecule has 1 aromatic rings. The molecule has 0 saturated carbocycles. The first kappa shape index (κ1) is 10.2. The molecule has 0 saturated heterocycles. The predicted molar refractivity (Wildman–Crippen MR) is 54.4 cm³/mol. The molecule has 0 atom stereocenters. The molecule has 1 heterocycles. The monoisotopic (exact) mass is 179 g/mol. The van der Waals surface area contributed by atoms with E-state index >= 15 is 0 Å². The van der Waals surface area contributed by atoms with Gasteiger partial charge in [-0.25, -0.2) is 0 Å². The number of aromatic nitrogens is 1. The summed E-state index contributed by atoms with van der Waals surface area (Å²) < 4.78 is 0. The quantitative estimate of drug-likeness (QED) is 0.658. The molecular formula is C10H17N3. The summed E-state index contributed by atoms with van der Waals surface area (Å²) in [6, 6.07) is 2.03. The molecular weight excluding hydrogens is 162 g/mol. The number of hydrogen-bond donors (Lipinski definition) is 2. The Morgan fingerprint density at radius 1 is 1.54 bits per heavy atom. The Balaban J connectivity index is 2.32. The Morgan fingerprint density at radius 3 is 3.08 bits per heavy atom. The minimum absolute atomic E-state index is 0.749. The fourth-order valence-corrected chi connectivity index (χ4v) is 1.13. The van der Waals surface area contributed by atoms with Crippen LogP contribution in [-0.2, 0) is 6.54 Å². The molecule has 0 aliphatic carbocycles. The normalized spacial score (nSPS) is 10.3. The SMILES string of the molecule is Cc1ccncc1CNCCCN. The van der Waals surface area contributed by atoms with E-state index in [1.165, 1.54) is 11.1 Å². The van der Waals surface area contributed by atoms with Crippen LogP contribution in [0.1, 0.15) is 17.5 Å².